The number of hydrogen-bond donors (Lipinski definition) is 0. The average molecular weight is 481 g/mol. The molecule has 2 heterocycles. The largest absolute Gasteiger partial charge is 0.349 e. The summed E-state index contributed by atoms with van der Waals surface area (Å²) in [6.07, 6.45) is 3.23. The van der Waals surface area contributed by atoms with Crippen LogP contribution < -0.4 is 4.57 Å². The first-order valence-electron chi connectivity index (χ1n) is 10.8. The minimum atomic E-state index is -0.491. The van der Waals surface area contributed by atoms with Gasteiger partial charge in [-0.2, -0.15) is 5.26 Å². The summed E-state index contributed by atoms with van der Waals surface area (Å²) in [6.45, 7) is 4.18. The fraction of sp³-hybridized carbons (Fsp3) is 0.280. The van der Waals surface area contributed by atoms with Crippen LogP contribution in [0.2, 0.25) is 0 Å². The lowest BCUT2D eigenvalue weighted by Crippen LogP contribution is -2.36. The maximum Gasteiger partial charge on any atom is 0.267 e. The molecular weight excluding hydrogens is 456 g/mol. The fourth-order valence-electron chi connectivity index (χ4n) is 3.79. The molecule has 0 aliphatic heterocycles. The number of nitrogens with zero attached hydrogens (tertiary/aromatic N) is 5. The number of ether oxygens (including phenoxy) is 1. The Morgan fingerprint density at radius 2 is 1.94 bits per heavy atom. The van der Waals surface area contributed by atoms with Gasteiger partial charge in [0.05, 0.1) is 22.3 Å². The molecule has 0 aliphatic carbocycles. The normalized spacial score (nSPS) is 13.9. The van der Waals surface area contributed by atoms with Crippen molar-refractivity contribution in [2.75, 3.05) is 7.11 Å². The number of halogens is 2. The number of rotatable bonds is 8. The number of thiazole rings is 1. The van der Waals surface area contributed by atoms with Gasteiger partial charge < -0.3 is 4.74 Å². The molecule has 9 heteroatoms. The second-order valence-electron chi connectivity index (χ2n) is 8.07. The van der Waals surface area contributed by atoms with E-state index in [1.807, 2.05) is 31.4 Å². The minimum absolute atomic E-state index is 0.204. The highest BCUT2D eigenvalue weighted by Gasteiger charge is 2.30. The molecule has 0 fully saturated rings. The summed E-state index contributed by atoms with van der Waals surface area (Å²) in [4.78, 5) is 4.79. The zero-order valence-corrected chi connectivity index (χ0v) is 19.8. The SMILES string of the molecule is COC(C)[n+]1cnn(CC(c2cc(F)ccc2F)C(C)c2nc(-c3ccc(C#N)cc3)cs2)c1. The zero-order chi connectivity index (χ0) is 24.2. The molecule has 0 spiro atoms. The molecule has 4 aromatic rings. The van der Waals surface area contributed by atoms with E-state index in [0.717, 1.165) is 28.4 Å². The third kappa shape index (κ3) is 5.03. The molecule has 0 saturated heterocycles. The third-order valence-corrected chi connectivity index (χ3v) is 6.97. The van der Waals surface area contributed by atoms with Crippen LogP contribution in [0.1, 0.15) is 48.0 Å². The Morgan fingerprint density at radius 1 is 1.18 bits per heavy atom. The molecule has 0 saturated carbocycles. The molecule has 6 nitrogen and oxygen atoms in total. The quantitative estimate of drug-likeness (QED) is 0.325. The van der Waals surface area contributed by atoms with Gasteiger partial charge in [0.25, 0.3) is 6.33 Å². The predicted molar refractivity (Wildman–Crippen MR) is 124 cm³/mol. The van der Waals surface area contributed by atoms with Crippen molar-refractivity contribution in [1.82, 2.24) is 14.8 Å². The summed E-state index contributed by atoms with van der Waals surface area (Å²) in [6, 6.07) is 12.8. The smallest absolute Gasteiger partial charge is 0.267 e. The fourth-order valence-corrected chi connectivity index (χ4v) is 4.74. The summed E-state index contributed by atoms with van der Waals surface area (Å²) in [5.41, 5.74) is 2.53. The van der Waals surface area contributed by atoms with Crippen LogP contribution in [0.15, 0.2) is 60.5 Å². The van der Waals surface area contributed by atoms with Crippen LogP contribution in [0.4, 0.5) is 8.78 Å². The van der Waals surface area contributed by atoms with E-state index in [4.69, 9.17) is 15.0 Å². The number of nitriles is 1. The van der Waals surface area contributed by atoms with Crippen molar-refractivity contribution in [1.29, 1.82) is 5.26 Å². The summed E-state index contributed by atoms with van der Waals surface area (Å²) in [7, 11) is 1.61. The Morgan fingerprint density at radius 3 is 2.65 bits per heavy atom. The highest BCUT2D eigenvalue weighted by Crippen LogP contribution is 2.38. The van der Waals surface area contributed by atoms with Gasteiger partial charge in [0.1, 0.15) is 18.2 Å². The molecule has 0 amide bonds. The molecule has 3 atom stereocenters. The number of methoxy groups -OCH3 is 1. The average Bonchev–Trinajstić information content (AvgIpc) is 3.54. The van der Waals surface area contributed by atoms with Gasteiger partial charge in [-0.3, -0.25) is 0 Å². The second-order valence-corrected chi connectivity index (χ2v) is 8.96. The van der Waals surface area contributed by atoms with Crippen LogP contribution in [0.25, 0.3) is 11.3 Å². The molecule has 0 aliphatic rings. The van der Waals surface area contributed by atoms with Crippen molar-refractivity contribution in [2.24, 2.45) is 0 Å². The summed E-state index contributed by atoms with van der Waals surface area (Å²) in [5, 5.41) is 16.1. The first kappa shape index (κ1) is 23.7. The van der Waals surface area contributed by atoms with Crippen molar-refractivity contribution >= 4 is 11.3 Å². The van der Waals surface area contributed by atoms with Crippen LogP contribution in [-0.4, -0.2) is 21.9 Å². The van der Waals surface area contributed by atoms with Crippen molar-refractivity contribution < 1.29 is 18.1 Å². The van der Waals surface area contributed by atoms with Gasteiger partial charge in [-0.15, -0.1) is 16.0 Å². The molecule has 0 N–H and O–H groups in total. The van der Waals surface area contributed by atoms with Crippen LogP contribution in [0.5, 0.6) is 0 Å². The minimum Gasteiger partial charge on any atom is -0.349 e. The van der Waals surface area contributed by atoms with Gasteiger partial charge in [0.2, 0.25) is 6.33 Å². The van der Waals surface area contributed by atoms with E-state index >= 15 is 0 Å². The monoisotopic (exact) mass is 480 g/mol. The van der Waals surface area contributed by atoms with Gasteiger partial charge in [-0.1, -0.05) is 19.1 Å². The van der Waals surface area contributed by atoms with E-state index in [1.54, 1.807) is 41.1 Å². The lowest BCUT2D eigenvalue weighted by Gasteiger charge is -2.21. The van der Waals surface area contributed by atoms with E-state index < -0.39 is 17.6 Å². The van der Waals surface area contributed by atoms with Crippen LogP contribution >= 0.6 is 11.3 Å². The Kier molecular flexibility index (Phi) is 7.10. The van der Waals surface area contributed by atoms with E-state index in [-0.39, 0.29) is 17.7 Å². The molecule has 3 unspecified atom stereocenters. The second kappa shape index (κ2) is 10.2. The van der Waals surface area contributed by atoms with Crippen molar-refractivity contribution in [3.63, 3.8) is 0 Å². The molecule has 0 bridgehead atoms. The summed E-state index contributed by atoms with van der Waals surface area (Å²) < 4.78 is 37.8. The van der Waals surface area contributed by atoms with Crippen molar-refractivity contribution in [2.45, 2.75) is 38.5 Å². The highest BCUT2D eigenvalue weighted by molar-refractivity contribution is 7.10. The number of aromatic nitrogens is 4. The predicted octanol–water partition coefficient (Wildman–Crippen LogP) is 5.20. The van der Waals surface area contributed by atoms with Crippen LogP contribution in [-0.2, 0) is 11.3 Å². The Bertz CT molecular complexity index is 1310. The van der Waals surface area contributed by atoms with Crippen LogP contribution in [0.3, 0.4) is 0 Å². The lowest BCUT2D eigenvalue weighted by molar-refractivity contribution is -0.757. The Hall–Kier alpha value is -3.48. The van der Waals surface area contributed by atoms with Crippen molar-refractivity contribution in [3.8, 4) is 17.3 Å². The number of benzene rings is 2. The first-order chi connectivity index (χ1) is 16.4. The maximum absolute atomic E-state index is 14.9. The highest BCUT2D eigenvalue weighted by atomic mass is 32.1. The van der Waals surface area contributed by atoms with E-state index in [0.29, 0.717) is 12.1 Å². The molecular formula is C25H24F2N5OS+. The van der Waals surface area contributed by atoms with Crippen molar-refractivity contribution in [3.05, 3.63) is 88.3 Å². The summed E-state index contributed by atoms with van der Waals surface area (Å²) in [5.74, 6) is -1.59. The molecule has 4 rings (SSSR count). The summed E-state index contributed by atoms with van der Waals surface area (Å²) >= 11 is 1.47. The molecule has 174 valence electrons. The van der Waals surface area contributed by atoms with Gasteiger partial charge in [0.15, 0.2) is 6.23 Å². The van der Waals surface area contributed by atoms with Gasteiger partial charge >= 0.3 is 0 Å². The third-order valence-electron chi connectivity index (χ3n) is 5.93. The first-order valence-corrected chi connectivity index (χ1v) is 11.6. The lowest BCUT2D eigenvalue weighted by atomic mass is 9.87. The Balaban J connectivity index is 1.67. The van der Waals surface area contributed by atoms with E-state index in [2.05, 4.69) is 11.2 Å². The zero-order valence-electron chi connectivity index (χ0n) is 19.0. The van der Waals surface area contributed by atoms with E-state index in [1.165, 1.54) is 17.4 Å². The van der Waals surface area contributed by atoms with Gasteiger partial charge in [-0.05, 0) is 42.8 Å². The molecule has 2 aromatic carbocycles. The van der Waals surface area contributed by atoms with E-state index in [9.17, 15) is 8.78 Å². The molecule has 34 heavy (non-hydrogen) atoms. The standard InChI is InChI=1S/C25H24F2N5OS/c1-16(25-30-24(13-34-25)19-6-4-18(11-28)5-7-19)22(21-10-20(26)8-9-23(21)27)12-32-15-31(14-29-32)17(2)33-3/h4-10,13-17,22H,12H2,1-3H3/q+1. The molecule has 2 aromatic heterocycles. The topological polar surface area (TPSA) is 67.6 Å². The maximum atomic E-state index is 14.9. The van der Waals surface area contributed by atoms with Gasteiger partial charge in [-0.25, -0.2) is 18.3 Å². The Labute approximate surface area is 200 Å². The van der Waals surface area contributed by atoms with Gasteiger partial charge in [0, 0.05) is 35.0 Å². The van der Waals surface area contributed by atoms with Crippen LogP contribution in [0, 0.1) is 23.0 Å². The molecule has 0 radical (unpaired) electrons. The number of hydrogen-bond acceptors (Lipinski definition) is 5.